The Morgan fingerprint density at radius 3 is 2.74 bits per heavy atom. The Morgan fingerprint density at radius 1 is 1.26 bits per heavy atom. The maximum Gasteiger partial charge on any atom is 0.225 e. The smallest absolute Gasteiger partial charge is 0.225 e. The molecule has 0 saturated heterocycles. The zero-order chi connectivity index (χ0) is 19.4. The van der Waals surface area contributed by atoms with Gasteiger partial charge in [-0.1, -0.05) is 57.5 Å². The minimum atomic E-state index is -0.0934. The molecule has 6 nitrogen and oxygen atoms in total. The number of anilines is 1. The molecule has 3 rings (SSSR count). The topological polar surface area (TPSA) is 85.8 Å². The highest BCUT2D eigenvalue weighted by Crippen LogP contribution is 2.24. The summed E-state index contributed by atoms with van der Waals surface area (Å²) in [5, 5.41) is 12.3. The number of aryl methyl sites for hydroxylation is 1. The Labute approximate surface area is 174 Å². The molecule has 1 heterocycles. The molecule has 2 aromatic carbocycles. The molecule has 0 aliphatic heterocycles. The molecule has 0 unspecified atom stereocenters. The molecule has 0 saturated carbocycles. The number of benzene rings is 2. The molecule has 1 amide bonds. The quantitative estimate of drug-likeness (QED) is 0.412. The molecular formula is C18H17BrClN5OS. The summed E-state index contributed by atoms with van der Waals surface area (Å²) in [6, 6.07) is 13.0. The number of aromatic nitrogens is 3. The van der Waals surface area contributed by atoms with Crippen LogP contribution in [0.25, 0.3) is 11.4 Å². The average molecular weight is 467 g/mol. The summed E-state index contributed by atoms with van der Waals surface area (Å²) >= 11 is 10.8. The van der Waals surface area contributed by atoms with Crippen molar-refractivity contribution in [2.75, 3.05) is 16.9 Å². The molecule has 0 aliphatic carbocycles. The SMILES string of the molecule is Cc1ccc(Cl)cc1NC(=O)CCSc1nnc(-c2ccc(Br)cc2)n1N. The van der Waals surface area contributed by atoms with Crippen LogP contribution in [0.4, 0.5) is 5.69 Å². The summed E-state index contributed by atoms with van der Waals surface area (Å²) in [7, 11) is 0. The van der Waals surface area contributed by atoms with Crippen LogP contribution in [0.2, 0.25) is 5.02 Å². The number of hydrogen-bond acceptors (Lipinski definition) is 5. The van der Waals surface area contributed by atoms with Crippen LogP contribution < -0.4 is 11.2 Å². The van der Waals surface area contributed by atoms with Gasteiger partial charge in [0.05, 0.1) is 0 Å². The molecule has 0 fully saturated rings. The Morgan fingerprint density at radius 2 is 2.00 bits per heavy atom. The van der Waals surface area contributed by atoms with Crippen molar-refractivity contribution in [1.82, 2.24) is 14.9 Å². The fraction of sp³-hybridized carbons (Fsp3) is 0.167. The normalized spacial score (nSPS) is 10.8. The first-order valence-electron chi connectivity index (χ1n) is 8.09. The van der Waals surface area contributed by atoms with E-state index in [0.29, 0.717) is 28.2 Å². The van der Waals surface area contributed by atoms with Crippen LogP contribution in [0.3, 0.4) is 0 Å². The number of amides is 1. The van der Waals surface area contributed by atoms with Crippen LogP contribution in [-0.2, 0) is 4.79 Å². The van der Waals surface area contributed by atoms with Crippen LogP contribution in [0.5, 0.6) is 0 Å². The molecule has 0 atom stereocenters. The van der Waals surface area contributed by atoms with Gasteiger partial charge in [-0.3, -0.25) is 4.79 Å². The van der Waals surface area contributed by atoms with Gasteiger partial charge >= 0.3 is 0 Å². The van der Waals surface area contributed by atoms with E-state index in [-0.39, 0.29) is 5.91 Å². The Kier molecular flexibility index (Phi) is 6.41. The first-order chi connectivity index (χ1) is 12.9. The largest absolute Gasteiger partial charge is 0.335 e. The van der Waals surface area contributed by atoms with Gasteiger partial charge in [0.1, 0.15) is 0 Å². The van der Waals surface area contributed by atoms with Crippen molar-refractivity contribution >= 4 is 50.9 Å². The highest BCUT2D eigenvalue weighted by Gasteiger charge is 2.13. The fourth-order valence-corrected chi connectivity index (χ4v) is 3.58. The molecule has 0 radical (unpaired) electrons. The molecule has 0 spiro atoms. The Balaban J connectivity index is 1.57. The number of carbonyl (C=O) groups is 1. The molecule has 0 aliphatic rings. The second-order valence-corrected chi connectivity index (χ2v) is 8.20. The van der Waals surface area contributed by atoms with E-state index in [0.717, 1.165) is 21.3 Å². The van der Waals surface area contributed by atoms with Gasteiger partial charge in [-0.25, -0.2) is 4.68 Å². The van der Waals surface area contributed by atoms with Crippen molar-refractivity contribution in [3.05, 3.63) is 57.5 Å². The van der Waals surface area contributed by atoms with Crippen molar-refractivity contribution in [1.29, 1.82) is 0 Å². The number of rotatable bonds is 6. The minimum absolute atomic E-state index is 0.0934. The number of carbonyl (C=O) groups excluding carboxylic acids is 1. The highest BCUT2D eigenvalue weighted by molar-refractivity contribution is 9.10. The van der Waals surface area contributed by atoms with E-state index in [2.05, 4.69) is 31.4 Å². The summed E-state index contributed by atoms with van der Waals surface area (Å²) in [4.78, 5) is 12.2. The molecule has 3 N–H and O–H groups in total. The lowest BCUT2D eigenvalue weighted by molar-refractivity contribution is -0.115. The number of hydrogen-bond donors (Lipinski definition) is 2. The summed E-state index contributed by atoms with van der Waals surface area (Å²) in [5.41, 5.74) is 2.55. The maximum absolute atomic E-state index is 12.2. The third-order valence-electron chi connectivity index (χ3n) is 3.80. The van der Waals surface area contributed by atoms with Crippen molar-refractivity contribution < 1.29 is 4.79 Å². The number of halogens is 2. The van der Waals surface area contributed by atoms with Crippen LogP contribution >= 0.6 is 39.3 Å². The Bertz CT molecular complexity index is 961. The number of nitrogens with one attached hydrogen (secondary N) is 1. The van der Waals surface area contributed by atoms with Crippen LogP contribution in [0, 0.1) is 6.92 Å². The van der Waals surface area contributed by atoms with E-state index in [1.165, 1.54) is 16.4 Å². The van der Waals surface area contributed by atoms with Crippen LogP contribution in [0.1, 0.15) is 12.0 Å². The Hall–Kier alpha value is -2.03. The summed E-state index contributed by atoms with van der Waals surface area (Å²) < 4.78 is 2.41. The number of thioether (sulfide) groups is 1. The van der Waals surface area contributed by atoms with Gasteiger partial charge in [0, 0.05) is 32.9 Å². The van der Waals surface area contributed by atoms with Gasteiger partial charge < -0.3 is 11.2 Å². The van der Waals surface area contributed by atoms with Crippen molar-refractivity contribution in [2.24, 2.45) is 0 Å². The third kappa shape index (κ3) is 5.03. The summed E-state index contributed by atoms with van der Waals surface area (Å²) in [6.07, 6.45) is 0.317. The van der Waals surface area contributed by atoms with Crippen molar-refractivity contribution in [3.63, 3.8) is 0 Å². The highest BCUT2D eigenvalue weighted by atomic mass is 79.9. The molecule has 27 heavy (non-hydrogen) atoms. The zero-order valence-corrected chi connectivity index (χ0v) is 17.6. The van der Waals surface area contributed by atoms with Crippen molar-refractivity contribution in [2.45, 2.75) is 18.5 Å². The standard InChI is InChI=1S/C18H17BrClN5OS/c1-11-2-7-14(20)10-15(11)22-16(26)8-9-27-18-24-23-17(25(18)21)12-3-5-13(19)6-4-12/h2-7,10H,8-9,21H2,1H3,(H,22,26). The monoisotopic (exact) mass is 465 g/mol. The van der Waals surface area contributed by atoms with Crippen molar-refractivity contribution in [3.8, 4) is 11.4 Å². The first-order valence-corrected chi connectivity index (χ1v) is 10.2. The van der Waals surface area contributed by atoms with Crippen LogP contribution in [0.15, 0.2) is 52.1 Å². The molecule has 3 aromatic rings. The van der Waals surface area contributed by atoms with E-state index in [1.54, 1.807) is 12.1 Å². The molecule has 140 valence electrons. The second kappa shape index (κ2) is 8.77. The second-order valence-electron chi connectivity index (χ2n) is 5.79. The predicted molar refractivity (Wildman–Crippen MR) is 113 cm³/mol. The van der Waals surface area contributed by atoms with Gasteiger partial charge in [-0.15, -0.1) is 10.2 Å². The van der Waals surface area contributed by atoms with Gasteiger partial charge in [0.2, 0.25) is 11.1 Å². The van der Waals surface area contributed by atoms with Crippen LogP contribution in [-0.4, -0.2) is 26.5 Å². The van der Waals surface area contributed by atoms with Gasteiger partial charge in [0.25, 0.3) is 0 Å². The van der Waals surface area contributed by atoms with Gasteiger partial charge in [0.15, 0.2) is 5.82 Å². The maximum atomic E-state index is 12.2. The lowest BCUT2D eigenvalue weighted by Crippen LogP contribution is -2.14. The van der Waals surface area contributed by atoms with E-state index >= 15 is 0 Å². The predicted octanol–water partition coefficient (Wildman–Crippen LogP) is 4.50. The third-order valence-corrected chi connectivity index (χ3v) is 5.51. The number of nitrogen functional groups attached to an aromatic ring is 1. The summed E-state index contributed by atoms with van der Waals surface area (Å²) in [6.45, 7) is 1.92. The van der Waals surface area contributed by atoms with E-state index in [1.807, 2.05) is 37.3 Å². The number of nitrogens with zero attached hydrogens (tertiary/aromatic N) is 3. The molecular weight excluding hydrogens is 450 g/mol. The first kappa shape index (κ1) is 19.7. The zero-order valence-electron chi connectivity index (χ0n) is 14.4. The molecule has 0 bridgehead atoms. The van der Waals surface area contributed by atoms with Gasteiger partial charge in [-0.2, -0.15) is 0 Å². The lowest BCUT2D eigenvalue weighted by Gasteiger charge is -2.08. The lowest BCUT2D eigenvalue weighted by atomic mass is 10.2. The average Bonchev–Trinajstić information content (AvgIpc) is 3.00. The fourth-order valence-electron chi connectivity index (χ4n) is 2.35. The van der Waals surface area contributed by atoms with E-state index in [4.69, 9.17) is 17.4 Å². The minimum Gasteiger partial charge on any atom is -0.335 e. The van der Waals surface area contributed by atoms with E-state index in [9.17, 15) is 4.79 Å². The van der Waals surface area contributed by atoms with E-state index < -0.39 is 0 Å². The summed E-state index contributed by atoms with van der Waals surface area (Å²) in [5.74, 6) is 7.10. The molecule has 1 aromatic heterocycles. The van der Waals surface area contributed by atoms with Gasteiger partial charge in [-0.05, 0) is 36.8 Å². The molecule has 9 heteroatoms. The number of nitrogens with two attached hydrogens (primary N) is 1.